The Morgan fingerprint density at radius 2 is 2.35 bits per heavy atom. The summed E-state index contributed by atoms with van der Waals surface area (Å²) in [6.07, 6.45) is 9.03. The lowest BCUT2D eigenvalue weighted by atomic mass is 10.5. The summed E-state index contributed by atoms with van der Waals surface area (Å²) in [7, 11) is 1.65. The third-order valence-electron chi connectivity index (χ3n) is 3.23. The molecule has 2 heterocycles. The van der Waals surface area contributed by atoms with Crippen LogP contribution in [0, 0.1) is 0 Å². The smallest absolute Gasteiger partial charge is 0.293 e. The van der Waals surface area contributed by atoms with E-state index in [0.717, 1.165) is 18.5 Å². The molecular weight excluding hydrogens is 258 g/mol. The molecule has 0 atom stereocenters. The number of ether oxygens (including phenoxy) is 1. The number of nitrogens with zero attached hydrogens (tertiary/aromatic N) is 4. The van der Waals surface area contributed by atoms with Gasteiger partial charge in [-0.15, -0.1) is 0 Å². The molecule has 7 nitrogen and oxygen atoms in total. The summed E-state index contributed by atoms with van der Waals surface area (Å²) in [4.78, 5) is 16.3. The van der Waals surface area contributed by atoms with Crippen molar-refractivity contribution >= 4 is 11.5 Å². The van der Waals surface area contributed by atoms with E-state index in [1.165, 1.54) is 0 Å². The monoisotopic (exact) mass is 275 g/mol. The fraction of sp³-hybridized carbons (Fsp3) is 0.462. The maximum absolute atomic E-state index is 12.2. The molecule has 1 saturated carbocycles. The van der Waals surface area contributed by atoms with Gasteiger partial charge in [0, 0.05) is 31.7 Å². The van der Waals surface area contributed by atoms with Crippen LogP contribution in [0.15, 0.2) is 29.6 Å². The molecule has 0 unspecified atom stereocenters. The maximum atomic E-state index is 12.2. The van der Waals surface area contributed by atoms with Crippen molar-refractivity contribution in [2.75, 3.05) is 19.0 Å². The number of aromatic nitrogens is 4. The van der Waals surface area contributed by atoms with Gasteiger partial charge in [-0.2, -0.15) is 5.10 Å². The largest absolute Gasteiger partial charge is 0.383 e. The Morgan fingerprint density at radius 1 is 1.50 bits per heavy atom. The van der Waals surface area contributed by atoms with Gasteiger partial charge in [-0.05, 0) is 12.8 Å². The number of anilines is 2. The molecule has 0 saturated heterocycles. The third-order valence-corrected chi connectivity index (χ3v) is 3.23. The van der Waals surface area contributed by atoms with Crippen LogP contribution in [0.25, 0.3) is 0 Å². The minimum absolute atomic E-state index is 0.0837. The Balaban J connectivity index is 1.75. The van der Waals surface area contributed by atoms with Gasteiger partial charge in [0.15, 0.2) is 5.82 Å². The number of rotatable bonds is 6. The van der Waals surface area contributed by atoms with Crippen LogP contribution < -0.4 is 10.9 Å². The van der Waals surface area contributed by atoms with E-state index in [-0.39, 0.29) is 5.56 Å². The highest BCUT2D eigenvalue weighted by atomic mass is 16.5. The first-order valence-corrected chi connectivity index (χ1v) is 6.63. The molecule has 2 aromatic heterocycles. The van der Waals surface area contributed by atoms with E-state index in [4.69, 9.17) is 4.74 Å². The predicted octanol–water partition coefficient (Wildman–Crippen LogP) is 1.16. The highest BCUT2D eigenvalue weighted by Gasteiger charge is 2.25. The van der Waals surface area contributed by atoms with Crippen LogP contribution in [0.3, 0.4) is 0 Å². The van der Waals surface area contributed by atoms with E-state index in [1.54, 1.807) is 34.9 Å². The molecular formula is C13H17N5O2. The van der Waals surface area contributed by atoms with Gasteiger partial charge in [0.05, 0.1) is 25.0 Å². The van der Waals surface area contributed by atoms with Gasteiger partial charge in [-0.1, -0.05) is 0 Å². The zero-order valence-electron chi connectivity index (χ0n) is 11.3. The van der Waals surface area contributed by atoms with Crippen LogP contribution in [-0.4, -0.2) is 33.0 Å². The van der Waals surface area contributed by atoms with Crippen molar-refractivity contribution < 1.29 is 4.74 Å². The Morgan fingerprint density at radius 3 is 3.10 bits per heavy atom. The maximum Gasteiger partial charge on any atom is 0.293 e. The van der Waals surface area contributed by atoms with Gasteiger partial charge >= 0.3 is 0 Å². The average molecular weight is 275 g/mol. The molecule has 0 aromatic carbocycles. The van der Waals surface area contributed by atoms with Crippen molar-refractivity contribution in [3.8, 4) is 0 Å². The van der Waals surface area contributed by atoms with Gasteiger partial charge in [-0.25, -0.2) is 4.98 Å². The molecule has 20 heavy (non-hydrogen) atoms. The van der Waals surface area contributed by atoms with Crippen LogP contribution in [0.2, 0.25) is 0 Å². The predicted molar refractivity (Wildman–Crippen MR) is 74.2 cm³/mol. The van der Waals surface area contributed by atoms with E-state index in [9.17, 15) is 4.79 Å². The van der Waals surface area contributed by atoms with E-state index in [1.807, 2.05) is 6.20 Å². The second kappa shape index (κ2) is 5.46. The first kappa shape index (κ1) is 12.9. The Bertz CT molecular complexity index is 644. The summed E-state index contributed by atoms with van der Waals surface area (Å²) in [5, 5.41) is 7.21. The highest BCUT2D eigenvalue weighted by Crippen LogP contribution is 2.33. The number of nitrogens with one attached hydrogen (secondary N) is 1. The SMILES string of the molecule is COCCn1cc(Nc2nccn(C3CC3)c2=O)cn1. The molecule has 0 radical (unpaired) electrons. The van der Waals surface area contributed by atoms with E-state index in [0.29, 0.717) is 25.0 Å². The van der Waals surface area contributed by atoms with Gasteiger partial charge in [0.25, 0.3) is 5.56 Å². The summed E-state index contributed by atoms with van der Waals surface area (Å²) in [5.41, 5.74) is 0.666. The van der Waals surface area contributed by atoms with Gasteiger partial charge < -0.3 is 14.6 Å². The lowest BCUT2D eigenvalue weighted by Crippen LogP contribution is -2.22. The quantitative estimate of drug-likeness (QED) is 0.856. The second-order valence-electron chi connectivity index (χ2n) is 4.83. The van der Waals surface area contributed by atoms with Gasteiger partial charge in [0.2, 0.25) is 0 Å². The van der Waals surface area contributed by atoms with Crippen molar-refractivity contribution in [2.45, 2.75) is 25.4 Å². The molecule has 1 N–H and O–H groups in total. The fourth-order valence-electron chi connectivity index (χ4n) is 2.02. The summed E-state index contributed by atoms with van der Waals surface area (Å²) in [6, 6.07) is 0.343. The van der Waals surface area contributed by atoms with Crippen LogP contribution in [-0.2, 0) is 11.3 Å². The van der Waals surface area contributed by atoms with Crippen LogP contribution in [0.1, 0.15) is 18.9 Å². The van der Waals surface area contributed by atoms with Crippen molar-refractivity contribution in [2.24, 2.45) is 0 Å². The second-order valence-corrected chi connectivity index (χ2v) is 4.83. The number of hydrogen-bond donors (Lipinski definition) is 1. The van der Waals surface area contributed by atoms with E-state index >= 15 is 0 Å². The Hall–Kier alpha value is -2.15. The van der Waals surface area contributed by atoms with Crippen LogP contribution in [0.5, 0.6) is 0 Å². The number of hydrogen-bond acceptors (Lipinski definition) is 5. The first-order chi connectivity index (χ1) is 9.78. The molecule has 0 amide bonds. The minimum Gasteiger partial charge on any atom is -0.383 e. The fourth-order valence-corrected chi connectivity index (χ4v) is 2.02. The molecule has 1 aliphatic rings. The summed E-state index contributed by atoms with van der Waals surface area (Å²) in [5.74, 6) is 0.339. The van der Waals surface area contributed by atoms with Gasteiger partial charge in [-0.3, -0.25) is 9.48 Å². The molecule has 0 spiro atoms. The third kappa shape index (κ3) is 2.72. The summed E-state index contributed by atoms with van der Waals surface area (Å²) in [6.45, 7) is 1.27. The highest BCUT2D eigenvalue weighted by molar-refractivity contribution is 5.52. The number of methoxy groups -OCH3 is 1. The summed E-state index contributed by atoms with van der Waals surface area (Å²) >= 11 is 0. The topological polar surface area (TPSA) is 74.0 Å². The lowest BCUT2D eigenvalue weighted by molar-refractivity contribution is 0.183. The molecule has 2 aromatic rings. The van der Waals surface area contributed by atoms with Crippen LogP contribution >= 0.6 is 0 Å². The van der Waals surface area contributed by atoms with E-state index in [2.05, 4.69) is 15.4 Å². The summed E-state index contributed by atoms with van der Waals surface area (Å²) < 4.78 is 8.49. The van der Waals surface area contributed by atoms with Crippen LogP contribution in [0.4, 0.5) is 11.5 Å². The van der Waals surface area contributed by atoms with Crippen molar-refractivity contribution in [1.82, 2.24) is 19.3 Å². The molecule has 0 bridgehead atoms. The van der Waals surface area contributed by atoms with E-state index < -0.39 is 0 Å². The first-order valence-electron chi connectivity index (χ1n) is 6.63. The van der Waals surface area contributed by atoms with Crippen molar-refractivity contribution in [1.29, 1.82) is 0 Å². The minimum atomic E-state index is -0.0837. The lowest BCUT2D eigenvalue weighted by Gasteiger charge is -2.06. The molecule has 1 fully saturated rings. The van der Waals surface area contributed by atoms with Crippen molar-refractivity contribution in [3.63, 3.8) is 0 Å². The Kier molecular flexibility index (Phi) is 3.51. The zero-order chi connectivity index (χ0) is 13.9. The molecule has 106 valence electrons. The molecule has 3 rings (SSSR count). The molecule has 0 aliphatic heterocycles. The Labute approximate surface area is 116 Å². The standard InChI is InChI=1S/C13H17N5O2/c1-20-7-6-17-9-10(8-15-17)16-12-13(19)18(5-4-14-12)11-2-3-11/h4-5,8-9,11H,2-3,6-7H2,1H3,(H,14,16). The average Bonchev–Trinajstić information content (AvgIpc) is 3.20. The molecule has 7 heteroatoms. The normalized spacial score (nSPS) is 14.4. The van der Waals surface area contributed by atoms with Gasteiger partial charge in [0.1, 0.15) is 0 Å². The molecule has 1 aliphatic carbocycles. The van der Waals surface area contributed by atoms with Crippen molar-refractivity contribution in [3.05, 3.63) is 35.1 Å². The zero-order valence-corrected chi connectivity index (χ0v) is 11.3.